The first kappa shape index (κ1) is 13.1. The fourth-order valence-electron chi connectivity index (χ4n) is 1.54. The van der Waals surface area contributed by atoms with Crippen LogP contribution >= 0.6 is 11.6 Å². The highest BCUT2D eigenvalue weighted by atomic mass is 35.5. The first-order chi connectivity index (χ1) is 8.99. The van der Waals surface area contributed by atoms with Crippen molar-refractivity contribution in [2.45, 2.75) is 6.92 Å². The Morgan fingerprint density at radius 2 is 2.16 bits per heavy atom. The molecule has 1 N–H and O–H groups in total. The number of nitrogens with one attached hydrogen (secondary N) is 1. The molecular weight excluding hydrogens is 272 g/mol. The number of nitrogens with zero attached hydrogens (tertiary/aromatic N) is 1. The first-order valence-electron chi connectivity index (χ1n) is 5.28. The standard InChI is InChI=1S/C12H9ClN2O4/c1-7-2-3-8(6-10(7)15(17)18)14-12(16)9-4-5-19-11(9)13/h2-6H,1H3,(H,14,16). The van der Waals surface area contributed by atoms with Crippen molar-refractivity contribution < 1.29 is 14.1 Å². The quantitative estimate of drug-likeness (QED) is 0.689. The summed E-state index contributed by atoms with van der Waals surface area (Å²) >= 11 is 5.67. The maximum Gasteiger partial charge on any atom is 0.274 e. The molecule has 2 rings (SSSR count). The van der Waals surface area contributed by atoms with Crippen LogP contribution in [0.3, 0.4) is 0 Å². The molecule has 0 aliphatic rings. The molecule has 1 amide bonds. The summed E-state index contributed by atoms with van der Waals surface area (Å²) in [5.74, 6) is -0.489. The smallest absolute Gasteiger partial charge is 0.274 e. The van der Waals surface area contributed by atoms with Crippen molar-refractivity contribution in [2.75, 3.05) is 5.32 Å². The highest BCUT2D eigenvalue weighted by molar-refractivity contribution is 6.32. The number of hydrogen-bond donors (Lipinski definition) is 1. The maximum atomic E-state index is 11.8. The van der Waals surface area contributed by atoms with Crippen LogP contribution in [0.15, 0.2) is 34.9 Å². The van der Waals surface area contributed by atoms with Crippen molar-refractivity contribution in [2.24, 2.45) is 0 Å². The van der Waals surface area contributed by atoms with E-state index in [2.05, 4.69) is 5.32 Å². The maximum absolute atomic E-state index is 11.8. The number of rotatable bonds is 3. The zero-order valence-electron chi connectivity index (χ0n) is 9.84. The monoisotopic (exact) mass is 280 g/mol. The largest absolute Gasteiger partial charge is 0.452 e. The number of hydrogen-bond acceptors (Lipinski definition) is 4. The number of carbonyl (C=O) groups excluding carboxylic acids is 1. The molecule has 0 radical (unpaired) electrons. The zero-order valence-corrected chi connectivity index (χ0v) is 10.6. The van der Waals surface area contributed by atoms with Crippen molar-refractivity contribution in [3.05, 3.63) is 57.0 Å². The third-order valence-electron chi connectivity index (χ3n) is 2.53. The van der Waals surface area contributed by atoms with Gasteiger partial charge in [0.25, 0.3) is 11.6 Å². The number of anilines is 1. The molecule has 0 bridgehead atoms. The van der Waals surface area contributed by atoms with Crippen LogP contribution in [0.1, 0.15) is 15.9 Å². The third kappa shape index (κ3) is 2.74. The minimum Gasteiger partial charge on any atom is -0.452 e. The van der Waals surface area contributed by atoms with Crippen LogP contribution in [0.4, 0.5) is 11.4 Å². The van der Waals surface area contributed by atoms with Crippen molar-refractivity contribution in [1.29, 1.82) is 0 Å². The molecule has 1 aromatic heterocycles. The van der Waals surface area contributed by atoms with Crippen molar-refractivity contribution in [1.82, 2.24) is 0 Å². The summed E-state index contributed by atoms with van der Waals surface area (Å²) < 4.78 is 4.80. The number of nitro benzene ring substituents is 1. The number of halogens is 1. The lowest BCUT2D eigenvalue weighted by Crippen LogP contribution is -2.11. The zero-order chi connectivity index (χ0) is 14.0. The molecule has 2 aromatic rings. The van der Waals surface area contributed by atoms with Gasteiger partial charge < -0.3 is 9.73 Å². The lowest BCUT2D eigenvalue weighted by Gasteiger charge is -2.05. The summed E-state index contributed by atoms with van der Waals surface area (Å²) in [7, 11) is 0. The molecule has 0 saturated heterocycles. The highest BCUT2D eigenvalue weighted by Gasteiger charge is 2.16. The minimum absolute atomic E-state index is 0.0286. The molecular formula is C12H9ClN2O4. The van der Waals surface area contributed by atoms with Crippen molar-refractivity contribution in [3.63, 3.8) is 0 Å². The molecule has 0 fully saturated rings. The van der Waals surface area contributed by atoms with Crippen LogP contribution in [0.25, 0.3) is 0 Å². The van der Waals surface area contributed by atoms with Gasteiger partial charge in [0.2, 0.25) is 5.22 Å². The van der Waals surface area contributed by atoms with E-state index in [0.29, 0.717) is 11.3 Å². The molecule has 1 heterocycles. The highest BCUT2D eigenvalue weighted by Crippen LogP contribution is 2.24. The Hall–Kier alpha value is -2.34. The first-order valence-corrected chi connectivity index (χ1v) is 5.66. The summed E-state index contributed by atoms with van der Waals surface area (Å²) in [6.45, 7) is 1.62. The Bertz CT molecular complexity index is 651. The predicted octanol–water partition coefficient (Wildman–Crippen LogP) is 3.40. The second-order valence-electron chi connectivity index (χ2n) is 3.82. The molecule has 98 valence electrons. The van der Waals surface area contributed by atoms with E-state index < -0.39 is 10.8 Å². The van der Waals surface area contributed by atoms with E-state index in [4.69, 9.17) is 16.0 Å². The van der Waals surface area contributed by atoms with Gasteiger partial charge in [0.15, 0.2) is 0 Å². The molecule has 7 heteroatoms. The topological polar surface area (TPSA) is 85.4 Å². The van der Waals surface area contributed by atoms with Crippen LogP contribution < -0.4 is 5.32 Å². The molecule has 6 nitrogen and oxygen atoms in total. The van der Waals surface area contributed by atoms with Gasteiger partial charge in [-0.3, -0.25) is 14.9 Å². The van der Waals surface area contributed by atoms with Gasteiger partial charge in [0, 0.05) is 17.3 Å². The van der Waals surface area contributed by atoms with E-state index in [-0.39, 0.29) is 16.5 Å². The molecule has 0 aliphatic heterocycles. The van der Waals surface area contributed by atoms with Gasteiger partial charge in [0.05, 0.1) is 16.7 Å². The van der Waals surface area contributed by atoms with Gasteiger partial charge in [-0.05, 0) is 30.7 Å². The molecule has 1 aromatic carbocycles. The van der Waals surface area contributed by atoms with Crippen molar-refractivity contribution in [3.8, 4) is 0 Å². The Balaban J connectivity index is 2.25. The summed E-state index contributed by atoms with van der Waals surface area (Å²) in [4.78, 5) is 22.1. The van der Waals surface area contributed by atoms with E-state index in [1.807, 2.05) is 0 Å². The fraction of sp³-hybridized carbons (Fsp3) is 0.0833. The third-order valence-corrected chi connectivity index (χ3v) is 2.82. The van der Waals surface area contributed by atoms with Gasteiger partial charge >= 0.3 is 0 Å². The number of nitro groups is 1. The minimum atomic E-state index is -0.504. The van der Waals surface area contributed by atoms with Crippen LogP contribution in [0.5, 0.6) is 0 Å². The van der Waals surface area contributed by atoms with E-state index in [9.17, 15) is 14.9 Å². The van der Waals surface area contributed by atoms with Crippen LogP contribution in [0, 0.1) is 17.0 Å². The van der Waals surface area contributed by atoms with Gasteiger partial charge in [-0.2, -0.15) is 0 Å². The Morgan fingerprint density at radius 3 is 2.74 bits per heavy atom. The molecule has 0 unspecified atom stereocenters. The number of furan rings is 1. The molecule has 0 saturated carbocycles. The Morgan fingerprint density at radius 1 is 1.42 bits per heavy atom. The summed E-state index contributed by atoms with van der Waals surface area (Å²) in [5, 5.41) is 13.3. The average Bonchev–Trinajstić information content (AvgIpc) is 2.77. The summed E-state index contributed by atoms with van der Waals surface area (Å²) in [6, 6.07) is 5.85. The van der Waals surface area contributed by atoms with E-state index >= 15 is 0 Å². The molecule has 0 aliphatic carbocycles. The van der Waals surface area contributed by atoms with Crippen molar-refractivity contribution >= 4 is 28.9 Å². The predicted molar refractivity (Wildman–Crippen MR) is 69.5 cm³/mol. The number of amides is 1. The fourth-order valence-corrected chi connectivity index (χ4v) is 1.74. The van der Waals surface area contributed by atoms with Crippen LogP contribution in [0.2, 0.25) is 5.22 Å². The Kier molecular flexibility index (Phi) is 3.52. The second kappa shape index (κ2) is 5.11. The van der Waals surface area contributed by atoms with Gasteiger partial charge in [-0.25, -0.2) is 0 Å². The number of carbonyl (C=O) groups is 1. The summed E-state index contributed by atoms with van der Waals surface area (Å²) in [5.41, 5.74) is 0.949. The van der Waals surface area contributed by atoms with Gasteiger partial charge in [-0.1, -0.05) is 6.07 Å². The number of aryl methyl sites for hydroxylation is 1. The van der Waals surface area contributed by atoms with E-state index in [1.165, 1.54) is 18.4 Å². The molecule has 0 atom stereocenters. The Labute approximate surface area is 113 Å². The SMILES string of the molecule is Cc1ccc(NC(=O)c2ccoc2Cl)cc1[N+](=O)[O-]. The normalized spacial score (nSPS) is 10.2. The lowest BCUT2D eigenvalue weighted by molar-refractivity contribution is -0.385. The summed E-state index contributed by atoms with van der Waals surface area (Å²) in [6.07, 6.45) is 1.29. The van der Waals surface area contributed by atoms with E-state index in [0.717, 1.165) is 0 Å². The van der Waals surface area contributed by atoms with Crippen LogP contribution in [-0.2, 0) is 0 Å². The molecule has 0 spiro atoms. The van der Waals surface area contributed by atoms with Gasteiger partial charge in [0.1, 0.15) is 0 Å². The second-order valence-corrected chi connectivity index (χ2v) is 4.16. The average molecular weight is 281 g/mol. The molecule has 19 heavy (non-hydrogen) atoms. The number of benzene rings is 1. The lowest BCUT2D eigenvalue weighted by atomic mass is 10.2. The van der Waals surface area contributed by atoms with Gasteiger partial charge in [-0.15, -0.1) is 0 Å². The van der Waals surface area contributed by atoms with E-state index in [1.54, 1.807) is 19.1 Å². The van der Waals surface area contributed by atoms with Crippen LogP contribution in [-0.4, -0.2) is 10.8 Å².